The van der Waals surface area contributed by atoms with Gasteiger partial charge in [0.05, 0.1) is 16.3 Å². The fraction of sp³-hybridized carbons (Fsp3) is 0.0952. The maximum absolute atomic E-state index is 4.75. The Labute approximate surface area is 156 Å². The molecule has 0 radical (unpaired) electrons. The predicted molar refractivity (Wildman–Crippen MR) is 108 cm³/mol. The first-order valence-electron chi connectivity index (χ1n) is 8.39. The minimum Gasteiger partial charge on any atom is -0.357 e. The van der Waals surface area contributed by atoms with Crippen molar-refractivity contribution >= 4 is 17.3 Å². The molecule has 0 saturated carbocycles. The Morgan fingerprint density at radius 1 is 0.808 bits per heavy atom. The molecule has 128 valence electrons. The molecule has 0 amide bonds. The van der Waals surface area contributed by atoms with E-state index in [9.17, 15) is 0 Å². The highest BCUT2D eigenvalue weighted by molar-refractivity contribution is 7.18. The molecule has 0 aliphatic rings. The number of benzene rings is 2. The first kappa shape index (κ1) is 16.4. The molecule has 2 heterocycles. The maximum atomic E-state index is 4.75. The summed E-state index contributed by atoms with van der Waals surface area (Å²) in [5.41, 5.74) is 5.42. The van der Waals surface area contributed by atoms with Gasteiger partial charge in [0.15, 0.2) is 0 Å². The zero-order valence-corrected chi connectivity index (χ0v) is 15.4. The van der Waals surface area contributed by atoms with Crippen LogP contribution in [0.2, 0.25) is 0 Å². The van der Waals surface area contributed by atoms with Crippen LogP contribution in [0.25, 0.3) is 32.3 Å². The molecule has 0 aliphatic carbocycles. The van der Waals surface area contributed by atoms with Crippen molar-refractivity contribution in [1.82, 2.24) is 15.0 Å². The molecule has 0 atom stereocenters. The van der Waals surface area contributed by atoms with Crippen LogP contribution in [0.3, 0.4) is 0 Å². The number of hydrogen-bond donors (Lipinski definition) is 1. The minimum absolute atomic E-state index is 0.615. The molecule has 0 spiro atoms. The topological polar surface area (TPSA) is 50.7 Å². The summed E-state index contributed by atoms with van der Waals surface area (Å²) < 4.78 is 0. The van der Waals surface area contributed by atoms with E-state index < -0.39 is 0 Å². The van der Waals surface area contributed by atoms with Gasteiger partial charge in [0.2, 0.25) is 5.95 Å². The van der Waals surface area contributed by atoms with Crippen molar-refractivity contribution in [3.05, 3.63) is 72.6 Å². The van der Waals surface area contributed by atoms with E-state index in [1.807, 2.05) is 26.1 Å². The number of aromatic nitrogens is 3. The second kappa shape index (κ2) is 7.06. The molecule has 1 N–H and O–H groups in total. The van der Waals surface area contributed by atoms with Gasteiger partial charge in [-0.25, -0.2) is 15.0 Å². The van der Waals surface area contributed by atoms with E-state index in [0.29, 0.717) is 5.95 Å². The molecule has 0 bridgehead atoms. The normalized spacial score (nSPS) is 10.7. The Hall–Kier alpha value is -3.05. The van der Waals surface area contributed by atoms with E-state index >= 15 is 0 Å². The van der Waals surface area contributed by atoms with Gasteiger partial charge in [-0.15, -0.1) is 11.3 Å². The largest absolute Gasteiger partial charge is 0.357 e. The molecule has 26 heavy (non-hydrogen) atoms. The molecule has 0 fully saturated rings. The molecule has 5 heteroatoms. The van der Waals surface area contributed by atoms with Crippen molar-refractivity contribution < 1.29 is 0 Å². The molecule has 0 aliphatic heterocycles. The Morgan fingerprint density at radius 3 is 2.23 bits per heavy atom. The standard InChI is InChI=1S/C21H18N4S/c1-14-19(18-12-13-23-21(22-2)25-18)26-20(24-14)17-10-8-16(9-11-17)15-6-4-3-5-7-15/h3-13H,1-2H3,(H,22,23,25). The van der Waals surface area contributed by atoms with Crippen LogP contribution in [0.5, 0.6) is 0 Å². The number of rotatable bonds is 4. The Balaban J connectivity index is 1.67. The number of anilines is 1. The molecular formula is C21H18N4S. The van der Waals surface area contributed by atoms with Crippen molar-refractivity contribution in [3.8, 4) is 32.3 Å². The summed E-state index contributed by atoms with van der Waals surface area (Å²) >= 11 is 1.66. The van der Waals surface area contributed by atoms with Gasteiger partial charge in [0, 0.05) is 18.8 Å². The fourth-order valence-corrected chi connectivity index (χ4v) is 3.84. The predicted octanol–water partition coefficient (Wildman–Crippen LogP) is 5.28. The molecule has 2 aromatic heterocycles. The fourth-order valence-electron chi connectivity index (χ4n) is 2.80. The van der Waals surface area contributed by atoms with Crippen LogP contribution < -0.4 is 5.32 Å². The van der Waals surface area contributed by atoms with Crippen LogP contribution in [-0.2, 0) is 0 Å². The number of nitrogens with zero attached hydrogens (tertiary/aromatic N) is 3. The average molecular weight is 358 g/mol. The lowest BCUT2D eigenvalue weighted by molar-refractivity contribution is 1.15. The van der Waals surface area contributed by atoms with E-state index in [1.54, 1.807) is 17.5 Å². The van der Waals surface area contributed by atoms with Crippen molar-refractivity contribution in [1.29, 1.82) is 0 Å². The van der Waals surface area contributed by atoms with Gasteiger partial charge in [-0.1, -0.05) is 54.6 Å². The second-order valence-corrected chi connectivity index (χ2v) is 6.89. The van der Waals surface area contributed by atoms with Gasteiger partial charge in [-0.2, -0.15) is 0 Å². The highest BCUT2D eigenvalue weighted by Gasteiger charge is 2.13. The molecule has 0 saturated heterocycles. The number of hydrogen-bond acceptors (Lipinski definition) is 5. The first-order chi connectivity index (χ1) is 12.7. The van der Waals surface area contributed by atoms with E-state index in [4.69, 9.17) is 4.98 Å². The van der Waals surface area contributed by atoms with Crippen LogP contribution in [0, 0.1) is 6.92 Å². The SMILES string of the molecule is CNc1nccc(-c2sc(-c3ccc(-c4ccccc4)cc3)nc2C)n1. The van der Waals surface area contributed by atoms with Crippen LogP contribution in [0.4, 0.5) is 5.95 Å². The van der Waals surface area contributed by atoms with Gasteiger partial charge in [0.25, 0.3) is 0 Å². The molecular weight excluding hydrogens is 340 g/mol. The first-order valence-corrected chi connectivity index (χ1v) is 9.21. The van der Waals surface area contributed by atoms with Gasteiger partial charge < -0.3 is 5.32 Å². The second-order valence-electron chi connectivity index (χ2n) is 5.89. The minimum atomic E-state index is 0.615. The van der Waals surface area contributed by atoms with Crippen molar-refractivity contribution in [2.75, 3.05) is 12.4 Å². The van der Waals surface area contributed by atoms with Gasteiger partial charge >= 0.3 is 0 Å². The lowest BCUT2D eigenvalue weighted by Crippen LogP contribution is -1.96. The maximum Gasteiger partial charge on any atom is 0.222 e. The molecule has 4 rings (SSSR count). The zero-order chi connectivity index (χ0) is 17.9. The summed E-state index contributed by atoms with van der Waals surface area (Å²) in [6, 6.07) is 20.8. The van der Waals surface area contributed by atoms with Crippen LogP contribution in [0.15, 0.2) is 66.9 Å². The quantitative estimate of drug-likeness (QED) is 0.539. The smallest absolute Gasteiger partial charge is 0.222 e. The lowest BCUT2D eigenvalue weighted by Gasteiger charge is -2.02. The lowest BCUT2D eigenvalue weighted by atomic mass is 10.0. The van der Waals surface area contributed by atoms with Gasteiger partial charge in [0.1, 0.15) is 5.01 Å². The van der Waals surface area contributed by atoms with Crippen LogP contribution in [-0.4, -0.2) is 22.0 Å². The number of aryl methyl sites for hydroxylation is 1. The summed E-state index contributed by atoms with van der Waals surface area (Å²) in [5.74, 6) is 0.615. The average Bonchev–Trinajstić information content (AvgIpc) is 3.10. The van der Waals surface area contributed by atoms with Crippen molar-refractivity contribution in [3.63, 3.8) is 0 Å². The Kier molecular flexibility index (Phi) is 4.46. The van der Waals surface area contributed by atoms with E-state index in [-0.39, 0.29) is 0 Å². The third kappa shape index (κ3) is 3.21. The van der Waals surface area contributed by atoms with Crippen molar-refractivity contribution in [2.45, 2.75) is 6.92 Å². The van der Waals surface area contributed by atoms with Crippen molar-refractivity contribution in [2.24, 2.45) is 0 Å². The van der Waals surface area contributed by atoms with E-state index in [2.05, 4.69) is 63.8 Å². The van der Waals surface area contributed by atoms with Gasteiger partial charge in [-0.05, 0) is 24.1 Å². The van der Waals surface area contributed by atoms with Crippen LogP contribution >= 0.6 is 11.3 Å². The molecule has 2 aromatic carbocycles. The van der Waals surface area contributed by atoms with Crippen LogP contribution in [0.1, 0.15) is 5.69 Å². The molecule has 0 unspecified atom stereocenters. The molecule has 4 aromatic rings. The monoisotopic (exact) mass is 358 g/mol. The highest BCUT2D eigenvalue weighted by atomic mass is 32.1. The van der Waals surface area contributed by atoms with E-state index in [1.165, 1.54) is 11.1 Å². The summed E-state index contributed by atoms with van der Waals surface area (Å²) in [5, 5.41) is 3.98. The summed E-state index contributed by atoms with van der Waals surface area (Å²) in [6.45, 7) is 2.02. The highest BCUT2D eigenvalue weighted by Crippen LogP contribution is 2.35. The third-order valence-electron chi connectivity index (χ3n) is 4.15. The zero-order valence-electron chi connectivity index (χ0n) is 14.6. The summed E-state index contributed by atoms with van der Waals surface area (Å²) in [6.07, 6.45) is 1.77. The Bertz CT molecular complexity index is 1020. The Morgan fingerprint density at radius 2 is 1.50 bits per heavy atom. The number of nitrogens with one attached hydrogen (secondary N) is 1. The molecule has 4 nitrogen and oxygen atoms in total. The summed E-state index contributed by atoms with van der Waals surface area (Å²) in [7, 11) is 1.82. The van der Waals surface area contributed by atoms with Gasteiger partial charge in [-0.3, -0.25) is 0 Å². The summed E-state index contributed by atoms with van der Waals surface area (Å²) in [4.78, 5) is 14.5. The van der Waals surface area contributed by atoms with E-state index in [0.717, 1.165) is 26.8 Å². The third-order valence-corrected chi connectivity index (χ3v) is 5.38. The number of thiazole rings is 1.